The van der Waals surface area contributed by atoms with E-state index in [1.54, 1.807) is 20.8 Å². The molecule has 10 unspecified atom stereocenters. The molecule has 3 aliphatic heterocycles. The lowest BCUT2D eigenvalue weighted by Crippen LogP contribution is -2.62. The fraction of sp³-hybridized carbons (Fsp3) is 0.688. The van der Waals surface area contributed by atoms with Crippen LogP contribution in [0.4, 0.5) is 19.0 Å². The Morgan fingerprint density at radius 2 is 1.98 bits per heavy atom. The molecule has 2 saturated heterocycles. The fourth-order valence-electron chi connectivity index (χ4n) is 8.84. The average molecular weight is 677 g/mol. The van der Waals surface area contributed by atoms with E-state index in [4.69, 9.17) is 16.3 Å². The van der Waals surface area contributed by atoms with Crippen molar-refractivity contribution in [3.8, 4) is 11.8 Å². The van der Waals surface area contributed by atoms with Gasteiger partial charge in [-0.3, -0.25) is 19.2 Å². The molecule has 0 aromatic carbocycles. The average Bonchev–Trinajstić information content (AvgIpc) is 3.74. The smallest absolute Gasteiger partial charge is 0.271 e. The fourth-order valence-corrected chi connectivity index (χ4v) is 8.98. The highest BCUT2D eigenvalue weighted by Gasteiger charge is 2.65. The van der Waals surface area contributed by atoms with Crippen molar-refractivity contribution in [3.05, 3.63) is 17.3 Å². The summed E-state index contributed by atoms with van der Waals surface area (Å²) in [7, 11) is 0. The van der Waals surface area contributed by atoms with Crippen molar-refractivity contribution in [1.29, 1.82) is 5.26 Å². The molecule has 11 nitrogen and oxygen atoms in total. The standard InChI is InChI=1S/C32H36ClF3N6O5/c1-30(2,3)24(39-26(43)19-4-5-32(19,35)36)28(45)41-12-18-14-6-17(20(34)7-14)22(18)23(41)27(44)42-13-31(9-16(42)10-37)29(46)40-25-21(47-31)8-15(33)11-38-25/h8,11,14,16-20,22-24H,4-7,9,12-13H2,1-3H3,(H,39,43)(H,38,40,46). The summed E-state index contributed by atoms with van der Waals surface area (Å²) in [5, 5.41) is 15.7. The van der Waals surface area contributed by atoms with Crippen molar-refractivity contribution in [2.24, 2.45) is 35.0 Å². The SMILES string of the molecule is CC(C)(C)C(NC(=O)C1CCC1(F)F)C(=O)N1CC2C3CC(F)C(C3)C2C1C(=O)N1CC2(CC1C#N)Oc1cc(Cl)cnc1NC2=O. The highest BCUT2D eigenvalue weighted by molar-refractivity contribution is 6.30. The number of aromatic nitrogens is 1. The van der Waals surface area contributed by atoms with E-state index in [9.17, 15) is 33.2 Å². The van der Waals surface area contributed by atoms with Gasteiger partial charge in [0.2, 0.25) is 23.3 Å². The molecule has 7 rings (SSSR count). The molecule has 47 heavy (non-hydrogen) atoms. The van der Waals surface area contributed by atoms with E-state index in [1.807, 2.05) is 0 Å². The number of alkyl halides is 3. The Morgan fingerprint density at radius 1 is 1.23 bits per heavy atom. The second kappa shape index (κ2) is 10.7. The van der Waals surface area contributed by atoms with E-state index in [2.05, 4.69) is 21.7 Å². The molecule has 4 amide bonds. The number of ether oxygens (including phenoxy) is 1. The van der Waals surface area contributed by atoms with E-state index < -0.39 is 89.0 Å². The first kappa shape index (κ1) is 32.0. The van der Waals surface area contributed by atoms with Crippen LogP contribution in [0.3, 0.4) is 0 Å². The van der Waals surface area contributed by atoms with Crippen LogP contribution in [0.2, 0.25) is 5.02 Å². The molecule has 3 aliphatic carbocycles. The molecule has 3 saturated carbocycles. The van der Waals surface area contributed by atoms with Crippen LogP contribution in [-0.2, 0) is 19.2 Å². The number of hydrogen-bond acceptors (Lipinski definition) is 7. The third kappa shape index (κ3) is 4.94. The molecule has 2 N–H and O–H groups in total. The number of anilines is 1. The van der Waals surface area contributed by atoms with Gasteiger partial charge in [-0.2, -0.15) is 5.26 Å². The third-order valence-electron chi connectivity index (χ3n) is 11.3. The van der Waals surface area contributed by atoms with Crippen molar-refractivity contribution < 1.29 is 37.1 Å². The monoisotopic (exact) mass is 676 g/mol. The number of hydrogen-bond donors (Lipinski definition) is 2. The maximum Gasteiger partial charge on any atom is 0.271 e. The summed E-state index contributed by atoms with van der Waals surface area (Å²) in [5.74, 6) is -8.45. The van der Waals surface area contributed by atoms with E-state index in [0.717, 1.165) is 0 Å². The van der Waals surface area contributed by atoms with Crippen LogP contribution in [0.25, 0.3) is 0 Å². The van der Waals surface area contributed by atoms with Gasteiger partial charge < -0.3 is 25.2 Å². The molecular weight excluding hydrogens is 641 g/mol. The molecule has 6 aliphatic rings. The van der Waals surface area contributed by atoms with Crippen LogP contribution in [-0.4, -0.2) is 87.3 Å². The number of amides is 4. The Labute approximate surface area is 274 Å². The number of halogens is 4. The number of likely N-dealkylation sites (tertiary alicyclic amines) is 2. The topological polar surface area (TPSA) is 145 Å². The Hall–Kier alpha value is -3.60. The number of nitrogens with one attached hydrogen (secondary N) is 2. The molecular formula is C32H36ClF3N6O5. The Kier molecular flexibility index (Phi) is 7.28. The molecule has 2 bridgehead atoms. The lowest BCUT2D eigenvalue weighted by Gasteiger charge is -2.40. The van der Waals surface area contributed by atoms with Crippen LogP contribution in [0.5, 0.6) is 5.75 Å². The molecule has 252 valence electrons. The quantitative estimate of drug-likeness (QED) is 0.498. The van der Waals surface area contributed by atoms with Crippen LogP contribution >= 0.6 is 11.6 Å². The normalized spacial score (nSPS) is 36.9. The number of pyridine rings is 1. The van der Waals surface area contributed by atoms with Gasteiger partial charge in [-0.25, -0.2) is 18.2 Å². The van der Waals surface area contributed by atoms with Crippen LogP contribution in [0.15, 0.2) is 12.3 Å². The Bertz CT molecular complexity index is 1600. The van der Waals surface area contributed by atoms with Crippen LogP contribution in [0.1, 0.15) is 52.9 Å². The van der Waals surface area contributed by atoms with Crippen LogP contribution < -0.4 is 15.4 Å². The second-order valence-electron chi connectivity index (χ2n) is 15.1. The van der Waals surface area contributed by atoms with Gasteiger partial charge in [0.05, 0.1) is 17.6 Å². The lowest BCUT2D eigenvalue weighted by atomic mass is 9.77. The zero-order valence-corrected chi connectivity index (χ0v) is 26.9. The molecule has 4 heterocycles. The first-order valence-electron chi connectivity index (χ1n) is 16.0. The van der Waals surface area contributed by atoms with Crippen molar-refractivity contribution in [1.82, 2.24) is 20.1 Å². The summed E-state index contributed by atoms with van der Waals surface area (Å²) >= 11 is 6.10. The molecule has 15 heteroatoms. The largest absolute Gasteiger partial charge is 0.471 e. The van der Waals surface area contributed by atoms with Gasteiger partial charge in [0, 0.05) is 31.6 Å². The van der Waals surface area contributed by atoms with E-state index in [1.165, 1.54) is 22.1 Å². The van der Waals surface area contributed by atoms with Gasteiger partial charge in [-0.1, -0.05) is 32.4 Å². The Balaban J connectivity index is 1.21. The highest BCUT2D eigenvalue weighted by atomic mass is 35.5. The summed E-state index contributed by atoms with van der Waals surface area (Å²) in [4.78, 5) is 62.2. The van der Waals surface area contributed by atoms with E-state index in [0.29, 0.717) is 12.8 Å². The van der Waals surface area contributed by atoms with Crippen molar-refractivity contribution in [2.45, 2.75) is 88.7 Å². The summed E-state index contributed by atoms with van der Waals surface area (Å²) in [6.45, 7) is 4.88. The van der Waals surface area contributed by atoms with Crippen molar-refractivity contribution in [3.63, 3.8) is 0 Å². The predicted molar refractivity (Wildman–Crippen MR) is 160 cm³/mol. The number of carbonyl (C=O) groups is 4. The van der Waals surface area contributed by atoms with Gasteiger partial charge in [-0.05, 0) is 48.3 Å². The summed E-state index contributed by atoms with van der Waals surface area (Å²) in [6.07, 6.45) is 0.481. The number of nitrogens with zero attached hydrogens (tertiary/aromatic N) is 4. The Morgan fingerprint density at radius 3 is 2.62 bits per heavy atom. The minimum absolute atomic E-state index is 0.00520. The number of rotatable bonds is 4. The number of carbonyl (C=O) groups excluding carboxylic acids is 4. The van der Waals surface area contributed by atoms with Gasteiger partial charge >= 0.3 is 0 Å². The zero-order valence-electron chi connectivity index (χ0n) is 26.1. The minimum Gasteiger partial charge on any atom is -0.471 e. The van der Waals surface area contributed by atoms with Gasteiger partial charge in [-0.15, -0.1) is 0 Å². The third-order valence-corrected chi connectivity index (χ3v) is 11.5. The van der Waals surface area contributed by atoms with Crippen molar-refractivity contribution in [2.75, 3.05) is 18.4 Å². The highest BCUT2D eigenvalue weighted by Crippen LogP contribution is 2.59. The number of fused-ring (bicyclic) bond motifs is 6. The molecule has 1 spiro atoms. The molecule has 1 aromatic rings. The molecule has 1 aromatic heterocycles. The van der Waals surface area contributed by atoms with Gasteiger partial charge in [0.25, 0.3) is 11.8 Å². The molecule has 5 fully saturated rings. The zero-order chi connectivity index (χ0) is 33.8. The van der Waals surface area contributed by atoms with Crippen LogP contribution in [0, 0.1) is 46.3 Å². The minimum atomic E-state index is -3.17. The summed E-state index contributed by atoms with van der Waals surface area (Å²) in [6, 6.07) is 0.0117. The molecule has 10 atom stereocenters. The first-order valence-corrected chi connectivity index (χ1v) is 16.4. The van der Waals surface area contributed by atoms with E-state index >= 15 is 4.39 Å². The first-order chi connectivity index (χ1) is 22.0. The van der Waals surface area contributed by atoms with E-state index in [-0.39, 0.29) is 54.4 Å². The van der Waals surface area contributed by atoms with Gasteiger partial charge in [0.1, 0.15) is 30.2 Å². The predicted octanol–water partition coefficient (Wildman–Crippen LogP) is 3.33. The second-order valence-corrected chi connectivity index (χ2v) is 15.6. The molecule has 0 radical (unpaired) electrons. The summed E-state index contributed by atoms with van der Waals surface area (Å²) in [5.41, 5.74) is -2.57. The number of nitriles is 1. The lowest BCUT2D eigenvalue weighted by molar-refractivity contribution is -0.165. The maximum atomic E-state index is 15.3. The maximum absolute atomic E-state index is 15.3. The summed E-state index contributed by atoms with van der Waals surface area (Å²) < 4.78 is 49.7. The van der Waals surface area contributed by atoms with Gasteiger partial charge in [0.15, 0.2) is 11.6 Å². The van der Waals surface area contributed by atoms with Crippen molar-refractivity contribution >= 4 is 41.0 Å².